The van der Waals surface area contributed by atoms with Crippen molar-refractivity contribution in [2.45, 2.75) is 158 Å². The summed E-state index contributed by atoms with van der Waals surface area (Å²) in [5.41, 5.74) is 3.02. The third-order valence-electron chi connectivity index (χ3n) is 17.9. The summed E-state index contributed by atoms with van der Waals surface area (Å²) < 4.78 is 33.5. The predicted octanol–water partition coefficient (Wildman–Crippen LogP) is -1.79. The van der Waals surface area contributed by atoms with Crippen molar-refractivity contribution < 1.29 is 92.1 Å². The van der Waals surface area contributed by atoms with Crippen LogP contribution >= 0.6 is 0 Å². The summed E-state index contributed by atoms with van der Waals surface area (Å²) in [4.78, 5) is 149. The van der Waals surface area contributed by atoms with Gasteiger partial charge >= 0.3 is 5.97 Å². The Morgan fingerprint density at radius 2 is 1.45 bits per heavy atom. The molecule has 1 aliphatic carbocycles. The minimum Gasteiger partial charge on any atom is -0.458 e. The molecule has 4 aliphatic heterocycles. The van der Waals surface area contributed by atoms with Gasteiger partial charge in [0.2, 0.25) is 41.4 Å². The Hall–Kier alpha value is -8.91. The van der Waals surface area contributed by atoms with E-state index < -0.39 is 151 Å². The zero-order chi connectivity index (χ0) is 68.3. The first kappa shape index (κ1) is 70.4. The number of aromatic nitrogens is 2. The second-order valence-corrected chi connectivity index (χ2v) is 24.2. The molecule has 0 radical (unpaired) electrons. The Morgan fingerprint density at radius 1 is 0.768 bits per heavy atom. The minimum atomic E-state index is -2.02. The number of pyridine rings is 2. The van der Waals surface area contributed by atoms with E-state index in [9.17, 15) is 78.3 Å². The number of halogens is 1. The van der Waals surface area contributed by atoms with E-state index in [1.54, 1.807) is 54.8 Å². The van der Waals surface area contributed by atoms with Gasteiger partial charge in [0.05, 0.1) is 55.3 Å². The van der Waals surface area contributed by atoms with Gasteiger partial charge in [-0.1, -0.05) is 43.7 Å². The molecule has 1 unspecified atom stereocenters. The van der Waals surface area contributed by atoms with E-state index in [2.05, 4.69) is 37.2 Å². The molecule has 0 saturated carbocycles. The Bertz CT molecular complexity index is 3700. The van der Waals surface area contributed by atoms with Gasteiger partial charge in [0.1, 0.15) is 61.8 Å². The largest absolute Gasteiger partial charge is 0.458 e. The van der Waals surface area contributed by atoms with Crippen molar-refractivity contribution in [1.82, 2.24) is 51.7 Å². The Balaban J connectivity index is 0.731. The fourth-order valence-electron chi connectivity index (χ4n) is 12.6. The van der Waals surface area contributed by atoms with Crippen molar-refractivity contribution in [3.05, 3.63) is 110 Å². The SMILES string of the molecule is CC[C@@]1(O)C(=O)OCc2c1cc1n(c2=O)Cc2c-1nc1cc(F)c(C)c3c1c2C(CCCOCNC(=O)CNC(=O)[C@H](Cc1ccccc1)NC(=O)CNC(=O)CNC(=O)[C@H](CCC(=O)NC[C@@H]1O[C@H](CO)[C@@H](O)[C@H](O)[C@H]1O)NC(=O)CCCCCN1C(=O)C=CC1=O)CC3. The highest BCUT2D eigenvalue weighted by atomic mass is 19.1. The molecule has 29 nitrogen and oxygen atoms in total. The topological polar surface area (TPSA) is 422 Å². The van der Waals surface area contributed by atoms with E-state index >= 15 is 4.39 Å². The number of benzene rings is 2. The van der Waals surface area contributed by atoms with Crippen LogP contribution in [-0.2, 0) is 93.8 Å². The van der Waals surface area contributed by atoms with E-state index in [1.807, 2.05) is 0 Å². The molecule has 0 spiro atoms. The van der Waals surface area contributed by atoms with Gasteiger partial charge in [-0.3, -0.25) is 52.8 Å². The summed E-state index contributed by atoms with van der Waals surface area (Å²) in [6.07, 6.45) is -2.36. The lowest BCUT2D eigenvalue weighted by Crippen LogP contribution is -2.60. The highest BCUT2D eigenvalue weighted by Gasteiger charge is 2.47. The third-order valence-corrected chi connectivity index (χ3v) is 17.9. The van der Waals surface area contributed by atoms with Crippen molar-refractivity contribution in [3.8, 4) is 11.4 Å². The summed E-state index contributed by atoms with van der Waals surface area (Å²) in [5, 5.41) is 69.8. The molecule has 1 fully saturated rings. The van der Waals surface area contributed by atoms with E-state index in [0.717, 1.165) is 39.1 Å². The van der Waals surface area contributed by atoms with Crippen LogP contribution in [-0.4, -0.2) is 194 Å². The van der Waals surface area contributed by atoms with Gasteiger partial charge < -0.3 is 81.5 Å². The second-order valence-electron chi connectivity index (χ2n) is 24.2. The molecule has 12 N–H and O–H groups in total. The number of nitrogens with zero attached hydrogens (tertiary/aromatic N) is 3. The van der Waals surface area contributed by atoms with Crippen LogP contribution in [0.5, 0.6) is 0 Å². The summed E-state index contributed by atoms with van der Waals surface area (Å²) in [6, 6.07) is 9.05. The van der Waals surface area contributed by atoms with E-state index in [4.69, 9.17) is 19.2 Å². The Kier molecular flexibility index (Phi) is 23.4. The van der Waals surface area contributed by atoms with Crippen LogP contribution in [0.2, 0.25) is 0 Å². The van der Waals surface area contributed by atoms with Crippen LogP contribution in [0.25, 0.3) is 22.3 Å². The second kappa shape index (κ2) is 31.6. The molecular weight excluding hydrogens is 1240 g/mol. The monoisotopic (exact) mass is 1320 g/mol. The number of fused-ring (bicyclic) bond motifs is 5. The number of nitrogens with one attached hydrogen (secondary N) is 7. The smallest absolute Gasteiger partial charge is 0.343 e. The molecule has 95 heavy (non-hydrogen) atoms. The van der Waals surface area contributed by atoms with Crippen LogP contribution in [0.3, 0.4) is 0 Å². The number of unbranched alkanes of at least 4 members (excludes halogenated alkanes) is 2. The average Bonchev–Trinajstić information content (AvgIpc) is 1.62. The van der Waals surface area contributed by atoms with E-state index in [1.165, 1.54) is 6.07 Å². The molecular formula is C65H79FN10O19. The maximum Gasteiger partial charge on any atom is 0.343 e. The number of amides is 9. The first-order valence-corrected chi connectivity index (χ1v) is 31.7. The number of ether oxygens (including phenoxy) is 3. The number of esters is 1. The molecule has 9 atom stereocenters. The van der Waals surface area contributed by atoms with Gasteiger partial charge in [-0.2, -0.15) is 0 Å². The lowest BCUT2D eigenvalue weighted by molar-refractivity contribution is -0.227. The fourth-order valence-corrected chi connectivity index (χ4v) is 12.6. The lowest BCUT2D eigenvalue weighted by Gasteiger charge is -2.40. The van der Waals surface area contributed by atoms with Crippen molar-refractivity contribution in [1.29, 1.82) is 0 Å². The molecule has 4 aromatic rings. The predicted molar refractivity (Wildman–Crippen MR) is 332 cm³/mol. The summed E-state index contributed by atoms with van der Waals surface area (Å²) >= 11 is 0. The molecule has 0 bridgehead atoms. The molecule has 5 aliphatic rings. The molecule has 510 valence electrons. The number of carbonyl (C=O) groups is 10. The average molecular weight is 1320 g/mol. The standard InChI is InChI=1S/C65H79FN10O19/c1-3-65(92)40-24-45-57-38(30-76(45)63(90)39(40)32-94-64(65)91)55-36(15-16-37-34(2)41(66)25-43(74-57)56(37)55)13-10-22-93-33-71-51(81)28-70-62(89)44(23-35-11-6-4-7-12-35)73-52(82)29-68-50(80)27-69-61(88)42(72-49(79)14-8-5-9-21-75-53(83)19-20-54(75)84)17-18-48(78)67-26-46-58(85)60(87)59(86)47(31-77)95-46/h4,6-7,11-12,19-20,24-25,36,42,44,46-47,58-60,77,85-87,92H,3,5,8-10,13-18,21-23,26-33H2,1-2H3,(H,67,78)(H,68,80)(H,69,88)(H,70,89)(H,71,81)(H,72,79)(H,73,82)/t36?,42-,44-,46-,47+,58-,59+,60+,65-/m0/s1. The van der Waals surface area contributed by atoms with Crippen LogP contribution in [0.1, 0.15) is 116 Å². The lowest BCUT2D eigenvalue weighted by atomic mass is 9.76. The van der Waals surface area contributed by atoms with Crippen LogP contribution < -0.4 is 42.8 Å². The highest BCUT2D eigenvalue weighted by molar-refractivity contribution is 6.12. The first-order valence-electron chi connectivity index (χ1n) is 31.7. The molecule has 2 aromatic heterocycles. The molecule has 2 aromatic carbocycles. The zero-order valence-corrected chi connectivity index (χ0v) is 52.5. The molecule has 1 saturated heterocycles. The normalized spacial score (nSPS) is 21.4. The van der Waals surface area contributed by atoms with Gasteiger partial charge in [0.25, 0.3) is 17.4 Å². The number of aliphatic hydroxyl groups excluding tert-OH is 4. The number of rotatable bonds is 31. The van der Waals surface area contributed by atoms with Crippen LogP contribution in [0, 0.1) is 12.7 Å². The number of aryl methyl sites for hydroxylation is 1. The summed E-state index contributed by atoms with van der Waals surface area (Å²) in [7, 11) is 0. The number of cyclic esters (lactones) is 1. The maximum atomic E-state index is 15.5. The van der Waals surface area contributed by atoms with Crippen LogP contribution in [0.4, 0.5) is 4.39 Å². The highest BCUT2D eigenvalue weighted by Crippen LogP contribution is 2.48. The van der Waals surface area contributed by atoms with E-state index in [0.29, 0.717) is 73.0 Å². The molecule has 30 heteroatoms. The van der Waals surface area contributed by atoms with Gasteiger partial charge in [-0.25, -0.2) is 14.2 Å². The van der Waals surface area contributed by atoms with Crippen molar-refractivity contribution in [3.63, 3.8) is 0 Å². The quantitative estimate of drug-likeness (QED) is 0.0101. The number of hydrogen-bond donors (Lipinski definition) is 12. The number of imide groups is 1. The summed E-state index contributed by atoms with van der Waals surface area (Å²) in [5.74, 6) is -7.37. The minimum absolute atomic E-state index is 0.0184. The van der Waals surface area contributed by atoms with Gasteiger partial charge in [0, 0.05) is 73.7 Å². The molecule has 6 heterocycles. The fraction of sp³-hybridized carbons (Fsp3) is 0.508. The molecule has 9 rings (SSSR count). The number of aliphatic hydroxyl groups is 5. The van der Waals surface area contributed by atoms with Gasteiger partial charge in [-0.05, 0) is 92.5 Å². The van der Waals surface area contributed by atoms with Gasteiger partial charge in [0.15, 0.2) is 5.60 Å². The van der Waals surface area contributed by atoms with Crippen LogP contribution in [0.15, 0.2) is 59.4 Å². The van der Waals surface area contributed by atoms with Crippen molar-refractivity contribution >= 4 is 70.0 Å². The maximum absolute atomic E-state index is 15.5. The van der Waals surface area contributed by atoms with Gasteiger partial charge in [-0.15, -0.1) is 0 Å². The Labute approximate surface area is 543 Å². The molecule has 9 amide bonds. The third kappa shape index (κ3) is 16.4. The number of carbonyl (C=O) groups excluding carboxylic acids is 10. The number of hydrogen-bond acceptors (Lipinski definition) is 20. The van der Waals surface area contributed by atoms with Crippen molar-refractivity contribution in [2.75, 3.05) is 52.7 Å². The summed E-state index contributed by atoms with van der Waals surface area (Å²) in [6.45, 7) is 0.467. The first-order chi connectivity index (χ1) is 45.5. The van der Waals surface area contributed by atoms with E-state index in [-0.39, 0.29) is 82.3 Å². The zero-order valence-electron chi connectivity index (χ0n) is 52.5. The van der Waals surface area contributed by atoms with Crippen molar-refractivity contribution in [2.24, 2.45) is 0 Å². The Morgan fingerprint density at radius 3 is 2.17 bits per heavy atom.